The smallest absolute Gasteiger partial charge is 0.261 e. The van der Waals surface area contributed by atoms with E-state index in [0.717, 1.165) is 49.7 Å². The Labute approximate surface area is 192 Å². The summed E-state index contributed by atoms with van der Waals surface area (Å²) in [5, 5.41) is 12.2. The summed E-state index contributed by atoms with van der Waals surface area (Å²) < 4.78 is 17.2. The first-order valence-corrected chi connectivity index (χ1v) is 11.7. The van der Waals surface area contributed by atoms with Crippen LogP contribution < -0.4 is 25.2 Å². The molecular weight excluding hydrogens is 418 g/mol. The Morgan fingerprint density at radius 1 is 1.09 bits per heavy atom. The van der Waals surface area contributed by atoms with Crippen molar-refractivity contribution in [1.29, 1.82) is 5.41 Å². The number of benzene rings is 2. The molecule has 0 aliphatic carbocycles. The average molecular weight is 448 g/mol. The molecule has 0 bridgehead atoms. The zero-order valence-electron chi connectivity index (χ0n) is 19.1. The molecule has 1 aromatic heterocycles. The zero-order valence-corrected chi connectivity index (χ0v) is 19.1. The lowest BCUT2D eigenvalue weighted by atomic mass is 9.90. The lowest BCUT2D eigenvalue weighted by Crippen LogP contribution is -2.34. The minimum Gasteiger partial charge on any atom is -0.494 e. The molecule has 0 unspecified atom stereocenters. The quantitative estimate of drug-likeness (QED) is 0.574. The highest BCUT2D eigenvalue weighted by molar-refractivity contribution is 6.06. The number of hydrogen-bond donors (Lipinski definition) is 2. The van der Waals surface area contributed by atoms with Gasteiger partial charge in [-0.1, -0.05) is 0 Å². The number of nitrogens with one attached hydrogen (secondary N) is 2. The van der Waals surface area contributed by atoms with Crippen LogP contribution in [0.25, 0.3) is 11.0 Å². The van der Waals surface area contributed by atoms with Crippen molar-refractivity contribution in [3.8, 4) is 11.5 Å². The van der Waals surface area contributed by atoms with Gasteiger partial charge < -0.3 is 24.1 Å². The highest BCUT2D eigenvalue weighted by Crippen LogP contribution is 2.39. The molecule has 0 spiro atoms. The number of anilines is 2. The summed E-state index contributed by atoms with van der Waals surface area (Å²) in [6, 6.07) is 9.24. The molecule has 0 radical (unpaired) electrons. The molecule has 7 nitrogen and oxygen atoms in total. The van der Waals surface area contributed by atoms with Gasteiger partial charge in [0.1, 0.15) is 22.6 Å². The van der Waals surface area contributed by atoms with Crippen LogP contribution in [0.2, 0.25) is 0 Å². The van der Waals surface area contributed by atoms with Gasteiger partial charge in [0.15, 0.2) is 0 Å². The second-order valence-electron chi connectivity index (χ2n) is 8.44. The number of carbonyl (C=O) groups excluding carboxylic acids is 1. The van der Waals surface area contributed by atoms with Crippen LogP contribution in [-0.4, -0.2) is 32.2 Å². The van der Waals surface area contributed by atoms with Crippen molar-refractivity contribution in [3.05, 3.63) is 52.6 Å². The Hall–Kier alpha value is -3.48. The first-order valence-electron chi connectivity index (χ1n) is 11.7. The third kappa shape index (κ3) is 3.92. The molecule has 5 rings (SSSR count). The maximum absolute atomic E-state index is 13.2. The van der Waals surface area contributed by atoms with Crippen LogP contribution in [0.3, 0.4) is 0 Å². The highest BCUT2D eigenvalue weighted by atomic mass is 16.5. The van der Waals surface area contributed by atoms with Crippen LogP contribution in [0.4, 0.5) is 11.4 Å². The lowest BCUT2D eigenvalue weighted by Gasteiger charge is -2.37. The highest BCUT2D eigenvalue weighted by Gasteiger charge is 2.27. The normalized spacial score (nSPS) is 14.7. The van der Waals surface area contributed by atoms with Gasteiger partial charge in [0.2, 0.25) is 5.55 Å². The SMILES string of the molecule is CCOc1ccc(OCC)c(NC(=O)c2cc3cc4c5c(c3oc2=N)CCCN5CCC4)c1. The predicted octanol–water partition coefficient (Wildman–Crippen LogP) is 4.66. The number of nitrogens with zero attached hydrogens (tertiary/aromatic N) is 1. The fraction of sp³-hybridized carbons (Fsp3) is 0.385. The molecule has 2 N–H and O–H groups in total. The van der Waals surface area contributed by atoms with Crippen LogP contribution in [0, 0.1) is 5.41 Å². The molecule has 172 valence electrons. The number of hydrogen-bond acceptors (Lipinski definition) is 6. The third-order valence-electron chi connectivity index (χ3n) is 6.30. The predicted molar refractivity (Wildman–Crippen MR) is 128 cm³/mol. The Morgan fingerprint density at radius 3 is 2.67 bits per heavy atom. The van der Waals surface area contributed by atoms with Crippen LogP contribution in [0.15, 0.2) is 34.7 Å². The van der Waals surface area contributed by atoms with Gasteiger partial charge >= 0.3 is 0 Å². The fourth-order valence-electron chi connectivity index (χ4n) is 4.96. The second-order valence-corrected chi connectivity index (χ2v) is 8.44. The van der Waals surface area contributed by atoms with Gasteiger partial charge in [0, 0.05) is 35.8 Å². The van der Waals surface area contributed by atoms with Crippen molar-refractivity contribution in [1.82, 2.24) is 0 Å². The Bertz CT molecular complexity index is 1280. The summed E-state index contributed by atoms with van der Waals surface area (Å²) in [7, 11) is 0. The first kappa shape index (κ1) is 21.4. The Balaban J connectivity index is 1.54. The molecule has 3 aromatic rings. The molecule has 0 saturated heterocycles. The molecule has 2 aliphatic heterocycles. The zero-order chi connectivity index (χ0) is 22.9. The van der Waals surface area contributed by atoms with Crippen molar-refractivity contribution < 1.29 is 18.7 Å². The minimum atomic E-state index is -0.409. The first-order chi connectivity index (χ1) is 16.1. The summed E-state index contributed by atoms with van der Waals surface area (Å²) in [5.74, 6) is 0.784. The van der Waals surface area contributed by atoms with Gasteiger partial charge in [0.25, 0.3) is 5.91 Å². The number of carbonyl (C=O) groups is 1. The molecular formula is C26H29N3O4. The van der Waals surface area contributed by atoms with E-state index in [9.17, 15) is 4.79 Å². The van der Waals surface area contributed by atoms with Gasteiger partial charge in [-0.3, -0.25) is 10.2 Å². The van der Waals surface area contributed by atoms with Gasteiger partial charge in [-0.15, -0.1) is 0 Å². The van der Waals surface area contributed by atoms with E-state index in [1.54, 1.807) is 18.2 Å². The molecule has 7 heteroatoms. The standard InChI is InChI=1S/C26H29N3O4/c1-3-31-18-9-10-22(32-4-2)21(15-18)28-26(30)20-14-17-13-16-7-5-11-29-12-6-8-19(23(16)29)24(17)33-25(20)27/h9-10,13-15,27H,3-8,11-12H2,1-2H3,(H,28,30). The molecule has 0 atom stereocenters. The second kappa shape index (κ2) is 8.81. The van der Waals surface area contributed by atoms with Gasteiger partial charge in [0.05, 0.1) is 18.9 Å². The van der Waals surface area contributed by atoms with Crippen molar-refractivity contribution in [2.75, 3.05) is 36.5 Å². The molecule has 0 fully saturated rings. The van der Waals surface area contributed by atoms with Crippen LogP contribution in [0.1, 0.15) is 48.2 Å². The minimum absolute atomic E-state index is 0.136. The van der Waals surface area contributed by atoms with E-state index in [4.69, 9.17) is 19.3 Å². The monoisotopic (exact) mass is 447 g/mol. The van der Waals surface area contributed by atoms with Crippen molar-refractivity contribution in [2.45, 2.75) is 39.5 Å². The van der Waals surface area contributed by atoms with E-state index in [2.05, 4.69) is 16.3 Å². The maximum Gasteiger partial charge on any atom is 0.261 e. The summed E-state index contributed by atoms with van der Waals surface area (Å²) in [5.41, 5.74) is 5.07. The van der Waals surface area contributed by atoms with E-state index in [1.807, 2.05) is 19.9 Å². The summed E-state index contributed by atoms with van der Waals surface area (Å²) in [4.78, 5) is 15.7. The number of rotatable bonds is 6. The molecule has 0 saturated carbocycles. The van der Waals surface area contributed by atoms with Gasteiger partial charge in [-0.2, -0.15) is 0 Å². The van der Waals surface area contributed by atoms with E-state index < -0.39 is 5.91 Å². The maximum atomic E-state index is 13.2. The van der Waals surface area contributed by atoms with Gasteiger partial charge in [-0.05, 0) is 69.4 Å². The molecule has 2 aliphatic rings. The van der Waals surface area contributed by atoms with E-state index in [1.165, 1.54) is 16.8 Å². The molecule has 33 heavy (non-hydrogen) atoms. The third-order valence-corrected chi connectivity index (χ3v) is 6.30. The van der Waals surface area contributed by atoms with E-state index in [-0.39, 0.29) is 11.1 Å². The number of amides is 1. The van der Waals surface area contributed by atoms with Gasteiger partial charge in [-0.25, -0.2) is 0 Å². The Morgan fingerprint density at radius 2 is 1.88 bits per heavy atom. The largest absolute Gasteiger partial charge is 0.494 e. The molecule has 2 aromatic carbocycles. The van der Waals surface area contributed by atoms with Crippen molar-refractivity contribution in [3.63, 3.8) is 0 Å². The van der Waals surface area contributed by atoms with Crippen molar-refractivity contribution in [2.24, 2.45) is 0 Å². The number of ether oxygens (including phenoxy) is 2. The van der Waals surface area contributed by atoms with E-state index in [0.29, 0.717) is 30.4 Å². The number of aryl methyl sites for hydroxylation is 2. The van der Waals surface area contributed by atoms with Crippen LogP contribution in [0.5, 0.6) is 11.5 Å². The summed E-state index contributed by atoms with van der Waals surface area (Å²) in [6.07, 6.45) is 4.18. The topological polar surface area (TPSA) is 87.8 Å². The van der Waals surface area contributed by atoms with Crippen molar-refractivity contribution >= 4 is 28.3 Å². The lowest BCUT2D eigenvalue weighted by molar-refractivity contribution is 0.102. The molecule has 1 amide bonds. The average Bonchev–Trinajstić information content (AvgIpc) is 2.81. The summed E-state index contributed by atoms with van der Waals surface area (Å²) >= 11 is 0. The van der Waals surface area contributed by atoms with Crippen LogP contribution in [-0.2, 0) is 12.8 Å². The molecule has 3 heterocycles. The van der Waals surface area contributed by atoms with E-state index >= 15 is 0 Å². The van der Waals surface area contributed by atoms with Crippen LogP contribution >= 0.6 is 0 Å². The summed E-state index contributed by atoms with van der Waals surface area (Å²) in [6.45, 7) is 6.93. The fourth-order valence-corrected chi connectivity index (χ4v) is 4.96. The number of fused-ring (bicyclic) bond motifs is 2. The Kier molecular flexibility index (Phi) is 5.70.